The van der Waals surface area contributed by atoms with E-state index in [0.29, 0.717) is 12.1 Å². The van der Waals surface area contributed by atoms with Gasteiger partial charge in [0, 0.05) is 12.1 Å². The SMILES string of the molecule is CC1CC(CC2CC[C@H](N)C(C)C2)CCC1N. The van der Waals surface area contributed by atoms with Gasteiger partial charge in [-0.3, -0.25) is 0 Å². The number of rotatable bonds is 2. The molecule has 2 aliphatic carbocycles. The highest BCUT2D eigenvalue weighted by Crippen LogP contribution is 2.38. The highest BCUT2D eigenvalue weighted by Gasteiger charge is 2.30. The fourth-order valence-electron chi connectivity index (χ4n) is 3.96. The smallest absolute Gasteiger partial charge is 0.00647 e. The maximum atomic E-state index is 6.10. The number of hydrogen-bond acceptors (Lipinski definition) is 2. The van der Waals surface area contributed by atoms with Crippen LogP contribution in [0.1, 0.15) is 58.8 Å². The molecule has 0 heterocycles. The largest absolute Gasteiger partial charge is 0.327 e. The molecule has 0 aliphatic heterocycles. The number of nitrogens with two attached hydrogens (primary N) is 2. The van der Waals surface area contributed by atoms with E-state index in [9.17, 15) is 0 Å². The van der Waals surface area contributed by atoms with Gasteiger partial charge in [-0.15, -0.1) is 0 Å². The summed E-state index contributed by atoms with van der Waals surface area (Å²) in [7, 11) is 0. The zero-order chi connectivity index (χ0) is 12.4. The third-order valence-electron chi connectivity index (χ3n) is 5.36. The van der Waals surface area contributed by atoms with Gasteiger partial charge in [0.05, 0.1) is 0 Å². The van der Waals surface area contributed by atoms with Crippen molar-refractivity contribution >= 4 is 0 Å². The van der Waals surface area contributed by atoms with Gasteiger partial charge in [-0.05, 0) is 68.6 Å². The van der Waals surface area contributed by atoms with Crippen molar-refractivity contribution in [2.45, 2.75) is 70.9 Å². The van der Waals surface area contributed by atoms with Crippen LogP contribution in [0.4, 0.5) is 0 Å². The summed E-state index contributed by atoms with van der Waals surface area (Å²) >= 11 is 0. The van der Waals surface area contributed by atoms with E-state index >= 15 is 0 Å². The summed E-state index contributed by atoms with van der Waals surface area (Å²) in [4.78, 5) is 0. The molecule has 2 aliphatic rings. The van der Waals surface area contributed by atoms with Gasteiger partial charge in [0.1, 0.15) is 0 Å². The Kier molecular flexibility index (Phi) is 4.48. The summed E-state index contributed by atoms with van der Waals surface area (Å²) in [5, 5.41) is 0. The average Bonchev–Trinajstić information content (AvgIpc) is 2.29. The normalized spacial score (nSPS) is 48.0. The van der Waals surface area contributed by atoms with Crippen molar-refractivity contribution in [2.24, 2.45) is 35.1 Å². The Morgan fingerprint density at radius 1 is 0.765 bits per heavy atom. The molecule has 2 saturated carbocycles. The summed E-state index contributed by atoms with van der Waals surface area (Å²) in [6.45, 7) is 4.66. The molecule has 0 bridgehead atoms. The summed E-state index contributed by atoms with van der Waals surface area (Å²) in [5.41, 5.74) is 12.2. The second-order valence-electron chi connectivity index (χ2n) is 6.88. The molecule has 0 aromatic carbocycles. The summed E-state index contributed by atoms with van der Waals surface area (Å²) in [6.07, 6.45) is 9.37. The maximum Gasteiger partial charge on any atom is 0.00647 e. The quantitative estimate of drug-likeness (QED) is 0.777. The van der Waals surface area contributed by atoms with E-state index in [-0.39, 0.29) is 0 Å². The monoisotopic (exact) mass is 238 g/mol. The molecule has 2 fully saturated rings. The lowest BCUT2D eigenvalue weighted by Gasteiger charge is -2.37. The lowest BCUT2D eigenvalue weighted by atomic mass is 9.71. The van der Waals surface area contributed by atoms with Crippen LogP contribution in [0.2, 0.25) is 0 Å². The van der Waals surface area contributed by atoms with Crippen molar-refractivity contribution < 1.29 is 0 Å². The molecule has 0 aromatic rings. The lowest BCUT2D eigenvalue weighted by Crippen LogP contribution is -2.37. The van der Waals surface area contributed by atoms with E-state index < -0.39 is 0 Å². The highest BCUT2D eigenvalue weighted by atomic mass is 14.7. The zero-order valence-corrected chi connectivity index (χ0v) is 11.6. The molecule has 17 heavy (non-hydrogen) atoms. The lowest BCUT2D eigenvalue weighted by molar-refractivity contribution is 0.169. The van der Waals surface area contributed by atoms with E-state index in [2.05, 4.69) is 13.8 Å². The molecule has 100 valence electrons. The molecule has 0 saturated heterocycles. The molecule has 2 heteroatoms. The van der Waals surface area contributed by atoms with Crippen molar-refractivity contribution in [1.82, 2.24) is 0 Å². The van der Waals surface area contributed by atoms with Crippen LogP contribution in [0.25, 0.3) is 0 Å². The molecule has 0 amide bonds. The first-order chi connectivity index (χ1) is 8.06. The molecule has 0 radical (unpaired) electrons. The van der Waals surface area contributed by atoms with Gasteiger partial charge in [0.2, 0.25) is 0 Å². The van der Waals surface area contributed by atoms with Crippen LogP contribution >= 0.6 is 0 Å². The molecular weight excluding hydrogens is 208 g/mol. The molecule has 5 unspecified atom stereocenters. The van der Waals surface area contributed by atoms with Gasteiger partial charge in [0.25, 0.3) is 0 Å². The zero-order valence-electron chi connectivity index (χ0n) is 11.6. The van der Waals surface area contributed by atoms with Gasteiger partial charge in [-0.25, -0.2) is 0 Å². The van der Waals surface area contributed by atoms with E-state index in [1.54, 1.807) is 0 Å². The second kappa shape index (κ2) is 5.71. The standard InChI is InChI=1S/C15H30N2/c1-10-7-12(3-5-14(10)16)9-13-4-6-15(17)11(2)8-13/h10-15H,3-9,16-17H2,1-2H3/t10?,11?,12?,13?,14-,15?/m0/s1. The third kappa shape index (κ3) is 3.45. The second-order valence-corrected chi connectivity index (χ2v) is 6.88. The minimum Gasteiger partial charge on any atom is -0.327 e. The number of hydrogen-bond donors (Lipinski definition) is 2. The Labute approximate surface area is 107 Å². The Morgan fingerprint density at radius 2 is 1.18 bits per heavy atom. The minimum absolute atomic E-state index is 0.463. The minimum atomic E-state index is 0.463. The summed E-state index contributed by atoms with van der Waals surface area (Å²) in [6, 6.07) is 0.926. The van der Waals surface area contributed by atoms with Crippen molar-refractivity contribution in [3.63, 3.8) is 0 Å². The maximum absolute atomic E-state index is 6.10. The topological polar surface area (TPSA) is 52.0 Å². The van der Waals surface area contributed by atoms with Crippen LogP contribution in [0.5, 0.6) is 0 Å². The highest BCUT2D eigenvalue weighted by molar-refractivity contribution is 4.85. The molecule has 4 N–H and O–H groups in total. The first-order valence-electron chi connectivity index (χ1n) is 7.57. The van der Waals surface area contributed by atoms with Gasteiger partial charge < -0.3 is 11.5 Å². The van der Waals surface area contributed by atoms with Crippen LogP contribution in [0.3, 0.4) is 0 Å². The van der Waals surface area contributed by atoms with Crippen molar-refractivity contribution in [1.29, 1.82) is 0 Å². The molecule has 2 rings (SSSR count). The van der Waals surface area contributed by atoms with Crippen LogP contribution in [-0.2, 0) is 0 Å². The molecule has 0 spiro atoms. The Balaban J connectivity index is 1.78. The Bertz CT molecular complexity index is 217. The van der Waals surface area contributed by atoms with Crippen LogP contribution in [-0.4, -0.2) is 12.1 Å². The fourth-order valence-corrected chi connectivity index (χ4v) is 3.96. The predicted molar refractivity (Wildman–Crippen MR) is 73.6 cm³/mol. The van der Waals surface area contributed by atoms with Gasteiger partial charge >= 0.3 is 0 Å². The van der Waals surface area contributed by atoms with E-state index in [4.69, 9.17) is 11.5 Å². The average molecular weight is 238 g/mol. The van der Waals surface area contributed by atoms with E-state index in [0.717, 1.165) is 23.7 Å². The van der Waals surface area contributed by atoms with Crippen LogP contribution < -0.4 is 11.5 Å². The fraction of sp³-hybridized carbons (Fsp3) is 1.00. The molecular formula is C15H30N2. The summed E-state index contributed by atoms with van der Waals surface area (Å²) < 4.78 is 0. The van der Waals surface area contributed by atoms with Crippen LogP contribution in [0.15, 0.2) is 0 Å². The van der Waals surface area contributed by atoms with E-state index in [1.165, 1.54) is 44.9 Å². The Hall–Kier alpha value is -0.0800. The molecule has 0 aromatic heterocycles. The van der Waals surface area contributed by atoms with Gasteiger partial charge in [-0.1, -0.05) is 13.8 Å². The first kappa shape index (κ1) is 13.4. The van der Waals surface area contributed by atoms with Gasteiger partial charge in [0.15, 0.2) is 0 Å². The van der Waals surface area contributed by atoms with Crippen molar-refractivity contribution in [3.8, 4) is 0 Å². The third-order valence-corrected chi connectivity index (χ3v) is 5.36. The van der Waals surface area contributed by atoms with Crippen LogP contribution in [0, 0.1) is 23.7 Å². The van der Waals surface area contributed by atoms with E-state index in [1.807, 2.05) is 0 Å². The van der Waals surface area contributed by atoms with Crippen molar-refractivity contribution in [2.75, 3.05) is 0 Å². The predicted octanol–water partition coefficient (Wildman–Crippen LogP) is 2.90. The van der Waals surface area contributed by atoms with Crippen molar-refractivity contribution in [3.05, 3.63) is 0 Å². The molecule has 2 nitrogen and oxygen atoms in total. The summed E-state index contributed by atoms with van der Waals surface area (Å²) in [5.74, 6) is 3.35. The van der Waals surface area contributed by atoms with Gasteiger partial charge in [-0.2, -0.15) is 0 Å². The Morgan fingerprint density at radius 3 is 1.53 bits per heavy atom. The molecule has 6 atom stereocenters. The first-order valence-corrected chi connectivity index (χ1v) is 7.57.